The van der Waals surface area contributed by atoms with Crippen LogP contribution in [-0.2, 0) is 5.60 Å². The molecule has 3 N–H and O–H groups in total. The first-order valence-corrected chi connectivity index (χ1v) is 4.11. The van der Waals surface area contributed by atoms with Gasteiger partial charge < -0.3 is 10.8 Å². The molecule has 0 heterocycles. The molecule has 0 aliphatic heterocycles. The molecule has 0 saturated carbocycles. The first-order chi connectivity index (χ1) is 5.84. The Morgan fingerprint density at radius 3 is 2.38 bits per heavy atom. The summed E-state index contributed by atoms with van der Waals surface area (Å²) in [6.07, 6.45) is 0. The summed E-state index contributed by atoms with van der Waals surface area (Å²) in [6.45, 7) is 4.68. The zero-order valence-electron chi connectivity index (χ0n) is 8.06. The molecule has 1 aromatic rings. The van der Waals surface area contributed by atoms with E-state index in [4.69, 9.17) is 5.73 Å². The lowest BCUT2D eigenvalue weighted by Crippen LogP contribution is -2.18. The number of hydrogen-bond donors (Lipinski definition) is 2. The van der Waals surface area contributed by atoms with E-state index in [2.05, 4.69) is 0 Å². The summed E-state index contributed by atoms with van der Waals surface area (Å²) in [5, 5.41) is 9.60. The van der Waals surface area contributed by atoms with Crippen molar-refractivity contribution in [1.82, 2.24) is 0 Å². The maximum absolute atomic E-state index is 13.5. The molecular weight excluding hydrogens is 169 g/mol. The quantitative estimate of drug-likeness (QED) is 0.653. The van der Waals surface area contributed by atoms with Gasteiger partial charge in [0, 0.05) is 16.8 Å². The van der Waals surface area contributed by atoms with Gasteiger partial charge in [-0.2, -0.15) is 0 Å². The van der Waals surface area contributed by atoms with E-state index in [1.807, 2.05) is 0 Å². The van der Waals surface area contributed by atoms with Crippen LogP contribution in [0.5, 0.6) is 0 Å². The number of halogens is 1. The van der Waals surface area contributed by atoms with Crippen LogP contribution in [-0.4, -0.2) is 5.11 Å². The lowest BCUT2D eigenvalue weighted by molar-refractivity contribution is 0.0744. The molecule has 2 nitrogen and oxygen atoms in total. The highest BCUT2D eigenvalue weighted by Gasteiger charge is 2.21. The second-order valence-electron chi connectivity index (χ2n) is 3.70. The van der Waals surface area contributed by atoms with Gasteiger partial charge in [-0.15, -0.1) is 0 Å². The van der Waals surface area contributed by atoms with Crippen molar-refractivity contribution in [3.05, 3.63) is 29.1 Å². The van der Waals surface area contributed by atoms with E-state index in [1.165, 1.54) is 6.07 Å². The maximum atomic E-state index is 13.5. The maximum Gasteiger partial charge on any atom is 0.134 e. The molecule has 1 rings (SSSR count). The molecule has 0 atom stereocenters. The van der Waals surface area contributed by atoms with Crippen molar-refractivity contribution in [3.8, 4) is 0 Å². The first kappa shape index (κ1) is 9.99. The van der Waals surface area contributed by atoms with Gasteiger partial charge in [0.1, 0.15) is 5.82 Å². The summed E-state index contributed by atoms with van der Waals surface area (Å²) in [6, 6.07) is 3.11. The third-order valence-electron chi connectivity index (χ3n) is 2.09. The lowest BCUT2D eigenvalue weighted by atomic mass is 9.95. The highest BCUT2D eigenvalue weighted by molar-refractivity contribution is 5.49. The van der Waals surface area contributed by atoms with Crippen LogP contribution in [0.2, 0.25) is 0 Å². The van der Waals surface area contributed by atoms with Crippen molar-refractivity contribution in [3.63, 3.8) is 0 Å². The fourth-order valence-electron chi connectivity index (χ4n) is 1.17. The number of rotatable bonds is 1. The number of benzene rings is 1. The summed E-state index contributed by atoms with van der Waals surface area (Å²) in [5.74, 6) is -0.424. The first-order valence-electron chi connectivity index (χ1n) is 4.11. The van der Waals surface area contributed by atoms with Gasteiger partial charge in [0.05, 0.1) is 5.60 Å². The summed E-state index contributed by atoms with van der Waals surface area (Å²) < 4.78 is 13.5. The van der Waals surface area contributed by atoms with E-state index in [-0.39, 0.29) is 5.56 Å². The van der Waals surface area contributed by atoms with Crippen molar-refractivity contribution in [2.24, 2.45) is 0 Å². The topological polar surface area (TPSA) is 46.2 Å². The molecule has 0 amide bonds. The Morgan fingerprint density at radius 1 is 1.38 bits per heavy atom. The summed E-state index contributed by atoms with van der Waals surface area (Å²) in [7, 11) is 0. The smallest absolute Gasteiger partial charge is 0.134 e. The molecule has 0 aromatic heterocycles. The van der Waals surface area contributed by atoms with Gasteiger partial charge in [-0.3, -0.25) is 0 Å². The number of anilines is 1. The van der Waals surface area contributed by atoms with Crippen molar-refractivity contribution >= 4 is 5.69 Å². The van der Waals surface area contributed by atoms with Gasteiger partial charge in [0.25, 0.3) is 0 Å². The molecular formula is C10H14FNO. The Hall–Kier alpha value is -1.09. The molecule has 0 spiro atoms. The number of nitrogens with two attached hydrogens (primary N) is 1. The van der Waals surface area contributed by atoms with Crippen LogP contribution in [0.3, 0.4) is 0 Å². The minimum Gasteiger partial charge on any atom is -0.398 e. The molecule has 0 saturated heterocycles. The summed E-state index contributed by atoms with van der Waals surface area (Å²) >= 11 is 0. The second kappa shape index (κ2) is 3.00. The Morgan fingerprint density at radius 2 is 1.92 bits per heavy atom. The van der Waals surface area contributed by atoms with Crippen molar-refractivity contribution in [1.29, 1.82) is 0 Å². The van der Waals surface area contributed by atoms with Crippen LogP contribution in [0.15, 0.2) is 12.1 Å². The fraction of sp³-hybridized carbons (Fsp3) is 0.400. The van der Waals surface area contributed by atoms with E-state index >= 15 is 0 Å². The van der Waals surface area contributed by atoms with Crippen LogP contribution < -0.4 is 5.73 Å². The number of hydrogen-bond acceptors (Lipinski definition) is 2. The molecule has 13 heavy (non-hydrogen) atoms. The molecule has 3 heteroatoms. The zero-order chi connectivity index (χ0) is 10.2. The highest BCUT2D eigenvalue weighted by Crippen LogP contribution is 2.27. The zero-order valence-corrected chi connectivity index (χ0v) is 8.06. The highest BCUT2D eigenvalue weighted by atomic mass is 19.1. The minimum atomic E-state index is -1.16. The van der Waals surface area contributed by atoms with Gasteiger partial charge >= 0.3 is 0 Å². The number of aliphatic hydroxyl groups is 1. The van der Waals surface area contributed by atoms with E-state index in [9.17, 15) is 9.50 Å². The molecule has 0 fully saturated rings. The number of nitrogen functional groups attached to an aromatic ring is 1. The molecule has 1 aromatic carbocycles. The van der Waals surface area contributed by atoms with Crippen LogP contribution in [0.4, 0.5) is 10.1 Å². The second-order valence-corrected chi connectivity index (χ2v) is 3.70. The van der Waals surface area contributed by atoms with E-state index < -0.39 is 11.4 Å². The summed E-state index contributed by atoms with van der Waals surface area (Å²) in [5.41, 5.74) is 5.42. The Labute approximate surface area is 77.2 Å². The van der Waals surface area contributed by atoms with Crippen LogP contribution in [0, 0.1) is 12.7 Å². The SMILES string of the molecule is Cc1c(N)ccc(C(C)(C)O)c1F. The molecule has 72 valence electrons. The lowest BCUT2D eigenvalue weighted by Gasteiger charge is -2.19. The van der Waals surface area contributed by atoms with Crippen LogP contribution in [0.1, 0.15) is 25.0 Å². The monoisotopic (exact) mass is 183 g/mol. The Bertz CT molecular complexity index is 328. The van der Waals surface area contributed by atoms with Gasteiger partial charge in [-0.1, -0.05) is 6.07 Å². The van der Waals surface area contributed by atoms with E-state index in [0.717, 1.165) is 0 Å². The largest absolute Gasteiger partial charge is 0.398 e. The normalized spacial score (nSPS) is 11.8. The van der Waals surface area contributed by atoms with Gasteiger partial charge in [-0.25, -0.2) is 4.39 Å². The fourth-order valence-corrected chi connectivity index (χ4v) is 1.17. The van der Waals surface area contributed by atoms with Crippen LogP contribution in [0.25, 0.3) is 0 Å². The van der Waals surface area contributed by atoms with Gasteiger partial charge in [-0.05, 0) is 26.8 Å². The predicted octanol–water partition coefficient (Wildman–Crippen LogP) is 1.94. The average molecular weight is 183 g/mol. The average Bonchev–Trinajstić information content (AvgIpc) is 1.98. The van der Waals surface area contributed by atoms with Crippen LogP contribution >= 0.6 is 0 Å². The van der Waals surface area contributed by atoms with Gasteiger partial charge in [0.2, 0.25) is 0 Å². The van der Waals surface area contributed by atoms with Gasteiger partial charge in [0.15, 0.2) is 0 Å². The minimum absolute atomic E-state index is 0.277. The van der Waals surface area contributed by atoms with Crippen molar-refractivity contribution in [2.45, 2.75) is 26.4 Å². The molecule has 0 aliphatic carbocycles. The standard InChI is InChI=1S/C10H14FNO/c1-6-8(12)5-4-7(9(6)11)10(2,3)13/h4-5,13H,12H2,1-3H3. The third-order valence-corrected chi connectivity index (χ3v) is 2.09. The predicted molar refractivity (Wildman–Crippen MR) is 50.8 cm³/mol. The third kappa shape index (κ3) is 1.80. The molecule has 0 bridgehead atoms. The molecule has 0 radical (unpaired) electrons. The van der Waals surface area contributed by atoms with E-state index in [0.29, 0.717) is 11.3 Å². The van der Waals surface area contributed by atoms with Crippen molar-refractivity contribution in [2.75, 3.05) is 5.73 Å². The molecule has 0 unspecified atom stereocenters. The van der Waals surface area contributed by atoms with E-state index in [1.54, 1.807) is 26.8 Å². The Balaban J connectivity index is 3.35. The Kier molecular flexibility index (Phi) is 2.30. The molecule has 0 aliphatic rings. The van der Waals surface area contributed by atoms with Crippen molar-refractivity contribution < 1.29 is 9.50 Å². The summed E-state index contributed by atoms with van der Waals surface area (Å²) in [4.78, 5) is 0.